The Balaban J connectivity index is 3.02. The second kappa shape index (κ2) is 5.92. The average molecular weight is 295 g/mol. The van der Waals surface area contributed by atoms with E-state index in [9.17, 15) is 21.6 Å². The number of hydrogen-bond acceptors (Lipinski definition) is 3. The zero-order chi connectivity index (χ0) is 14.7. The Hall–Kier alpha value is -1.08. The average Bonchev–Trinajstić information content (AvgIpc) is 2.23. The third-order valence-electron chi connectivity index (χ3n) is 2.68. The number of hydrogen-bond donors (Lipinski definition) is 1. The summed E-state index contributed by atoms with van der Waals surface area (Å²) in [5, 5.41) is -2.40. The molecular weight excluding hydrogens is 279 g/mol. The molecule has 0 saturated carbocycles. The zero-order valence-electron chi connectivity index (χ0n) is 10.4. The first kappa shape index (κ1) is 16.0. The third kappa shape index (κ3) is 4.50. The molecule has 0 aliphatic rings. The smallest absolute Gasteiger partial charge is 0.330 e. The number of nitrogens with two attached hydrogens (primary N) is 1. The monoisotopic (exact) mass is 295 g/mol. The highest BCUT2D eigenvalue weighted by Gasteiger charge is 2.47. The van der Waals surface area contributed by atoms with E-state index in [1.54, 1.807) is 25.1 Å². The van der Waals surface area contributed by atoms with E-state index in [1.165, 1.54) is 6.07 Å². The van der Waals surface area contributed by atoms with Crippen LogP contribution in [-0.4, -0.2) is 26.4 Å². The van der Waals surface area contributed by atoms with Crippen LogP contribution in [0, 0.1) is 6.92 Å². The molecule has 1 aromatic rings. The molecule has 0 heterocycles. The van der Waals surface area contributed by atoms with Crippen molar-refractivity contribution in [3.63, 3.8) is 0 Å². The lowest BCUT2D eigenvalue weighted by Gasteiger charge is -2.20. The van der Waals surface area contributed by atoms with Crippen LogP contribution in [0.1, 0.15) is 17.5 Å². The van der Waals surface area contributed by atoms with Gasteiger partial charge in [-0.2, -0.15) is 13.2 Å². The van der Waals surface area contributed by atoms with Gasteiger partial charge in [0.2, 0.25) is 0 Å². The molecule has 3 nitrogen and oxygen atoms in total. The molecule has 0 fully saturated rings. The van der Waals surface area contributed by atoms with E-state index < -0.39 is 33.4 Å². The summed E-state index contributed by atoms with van der Waals surface area (Å²) in [6.45, 7) is 1.43. The fraction of sp³-hybridized carbons (Fsp3) is 0.500. The molecule has 0 amide bonds. The van der Waals surface area contributed by atoms with Crippen molar-refractivity contribution in [3.05, 3.63) is 35.4 Å². The lowest BCUT2D eigenvalue weighted by atomic mass is 10.2. The minimum atomic E-state index is -4.79. The molecule has 0 spiro atoms. The normalized spacial score (nSPS) is 14.4. The van der Waals surface area contributed by atoms with Crippen LogP contribution in [-0.2, 0) is 15.6 Å². The molecule has 0 bridgehead atoms. The van der Waals surface area contributed by atoms with E-state index in [-0.39, 0.29) is 6.54 Å². The van der Waals surface area contributed by atoms with Gasteiger partial charge in [0.05, 0.1) is 5.75 Å². The second-order valence-electron chi connectivity index (χ2n) is 4.40. The lowest BCUT2D eigenvalue weighted by molar-refractivity contribution is -0.131. The van der Waals surface area contributed by atoms with Crippen molar-refractivity contribution in [2.45, 2.75) is 30.5 Å². The predicted octanol–water partition coefficient (Wildman–Crippen LogP) is 2.19. The third-order valence-corrected chi connectivity index (χ3v) is 4.78. The summed E-state index contributed by atoms with van der Waals surface area (Å²) in [7, 11) is -4.32. The topological polar surface area (TPSA) is 60.2 Å². The fourth-order valence-corrected chi connectivity index (χ4v) is 3.58. The van der Waals surface area contributed by atoms with Crippen molar-refractivity contribution in [1.29, 1.82) is 0 Å². The van der Waals surface area contributed by atoms with E-state index in [2.05, 4.69) is 0 Å². The van der Waals surface area contributed by atoms with Gasteiger partial charge in [0, 0.05) is 0 Å². The number of rotatable bonds is 5. The maximum absolute atomic E-state index is 12.7. The van der Waals surface area contributed by atoms with Crippen molar-refractivity contribution in [1.82, 2.24) is 0 Å². The highest BCUT2D eigenvalue weighted by Crippen LogP contribution is 2.30. The Bertz CT molecular complexity index is 526. The number of benzene rings is 1. The van der Waals surface area contributed by atoms with Gasteiger partial charge < -0.3 is 5.73 Å². The van der Waals surface area contributed by atoms with Crippen LogP contribution >= 0.6 is 0 Å². The Labute approximate surface area is 110 Å². The predicted molar refractivity (Wildman–Crippen MR) is 67.3 cm³/mol. The molecule has 0 aromatic heterocycles. The minimum absolute atomic E-state index is 0.322. The molecule has 2 N–H and O–H groups in total. The number of aryl methyl sites for hydroxylation is 1. The van der Waals surface area contributed by atoms with Crippen LogP contribution in [0.5, 0.6) is 0 Å². The molecule has 0 saturated heterocycles. The molecule has 1 atom stereocenters. The summed E-state index contributed by atoms with van der Waals surface area (Å²) in [5.41, 5.74) is 6.23. The first-order valence-electron chi connectivity index (χ1n) is 5.70. The van der Waals surface area contributed by atoms with Crippen LogP contribution in [0.3, 0.4) is 0 Å². The van der Waals surface area contributed by atoms with Crippen LogP contribution in [0.2, 0.25) is 0 Å². The van der Waals surface area contributed by atoms with Gasteiger partial charge in [-0.25, -0.2) is 8.42 Å². The molecule has 1 unspecified atom stereocenters. The molecule has 7 heteroatoms. The van der Waals surface area contributed by atoms with E-state index in [0.717, 1.165) is 5.56 Å². The lowest BCUT2D eigenvalue weighted by Crippen LogP contribution is -2.39. The SMILES string of the molecule is Cc1cccc(CS(=O)(=O)C(CCN)C(F)(F)F)c1. The molecular formula is C12H16F3NO2S. The van der Waals surface area contributed by atoms with Crippen LogP contribution < -0.4 is 5.73 Å². The van der Waals surface area contributed by atoms with Gasteiger partial charge in [-0.1, -0.05) is 29.8 Å². The minimum Gasteiger partial charge on any atom is -0.330 e. The Kier molecular flexibility index (Phi) is 4.98. The van der Waals surface area contributed by atoms with Crippen molar-refractivity contribution in [3.8, 4) is 0 Å². The molecule has 1 rings (SSSR count). The number of halogens is 3. The standard InChI is InChI=1S/C12H16F3NO2S/c1-9-3-2-4-10(7-9)8-19(17,18)11(5-6-16)12(13,14)15/h2-4,7,11H,5-6,8,16H2,1H3. The van der Waals surface area contributed by atoms with E-state index in [4.69, 9.17) is 5.73 Å². The van der Waals surface area contributed by atoms with Gasteiger partial charge in [0.25, 0.3) is 0 Å². The Morgan fingerprint density at radius 1 is 1.32 bits per heavy atom. The molecule has 108 valence electrons. The van der Waals surface area contributed by atoms with E-state index in [1.807, 2.05) is 0 Å². The largest absolute Gasteiger partial charge is 0.405 e. The van der Waals surface area contributed by atoms with Crippen LogP contribution in [0.4, 0.5) is 13.2 Å². The maximum Gasteiger partial charge on any atom is 0.405 e. The quantitative estimate of drug-likeness (QED) is 0.906. The molecule has 0 aliphatic heterocycles. The Morgan fingerprint density at radius 2 is 1.95 bits per heavy atom. The zero-order valence-corrected chi connectivity index (χ0v) is 11.3. The molecule has 0 radical (unpaired) electrons. The molecule has 0 aliphatic carbocycles. The Morgan fingerprint density at radius 3 is 2.42 bits per heavy atom. The summed E-state index contributed by atoms with van der Waals surface area (Å²) >= 11 is 0. The fourth-order valence-electron chi connectivity index (χ4n) is 1.83. The molecule has 19 heavy (non-hydrogen) atoms. The highest BCUT2D eigenvalue weighted by atomic mass is 32.2. The number of alkyl halides is 3. The van der Waals surface area contributed by atoms with E-state index in [0.29, 0.717) is 5.56 Å². The van der Waals surface area contributed by atoms with Crippen molar-refractivity contribution in [2.75, 3.05) is 6.54 Å². The van der Waals surface area contributed by atoms with Crippen LogP contribution in [0.25, 0.3) is 0 Å². The van der Waals surface area contributed by atoms with Gasteiger partial charge >= 0.3 is 6.18 Å². The van der Waals surface area contributed by atoms with Crippen molar-refractivity contribution >= 4 is 9.84 Å². The van der Waals surface area contributed by atoms with E-state index >= 15 is 0 Å². The van der Waals surface area contributed by atoms with Crippen molar-refractivity contribution < 1.29 is 21.6 Å². The number of sulfone groups is 1. The summed E-state index contributed by atoms with van der Waals surface area (Å²) in [6.07, 6.45) is -5.40. The second-order valence-corrected chi connectivity index (χ2v) is 6.59. The van der Waals surface area contributed by atoms with Gasteiger partial charge in [-0.3, -0.25) is 0 Å². The summed E-state index contributed by atoms with van der Waals surface area (Å²) in [6, 6.07) is 6.43. The molecule has 1 aromatic carbocycles. The highest BCUT2D eigenvalue weighted by molar-refractivity contribution is 7.91. The summed E-state index contributed by atoms with van der Waals surface area (Å²) in [4.78, 5) is 0. The van der Waals surface area contributed by atoms with Gasteiger partial charge in [0.1, 0.15) is 0 Å². The first-order valence-corrected chi connectivity index (χ1v) is 7.42. The van der Waals surface area contributed by atoms with Crippen molar-refractivity contribution in [2.24, 2.45) is 5.73 Å². The summed E-state index contributed by atoms with van der Waals surface area (Å²) < 4.78 is 62.0. The van der Waals surface area contributed by atoms with Gasteiger partial charge in [-0.05, 0) is 25.5 Å². The van der Waals surface area contributed by atoms with Gasteiger partial charge in [0.15, 0.2) is 15.1 Å². The first-order chi connectivity index (χ1) is 8.66. The van der Waals surface area contributed by atoms with Gasteiger partial charge in [-0.15, -0.1) is 0 Å². The maximum atomic E-state index is 12.7. The summed E-state index contributed by atoms with van der Waals surface area (Å²) in [5.74, 6) is -0.626. The van der Waals surface area contributed by atoms with Crippen LogP contribution in [0.15, 0.2) is 24.3 Å².